The van der Waals surface area contributed by atoms with Gasteiger partial charge in [0.25, 0.3) is 0 Å². The van der Waals surface area contributed by atoms with Crippen LogP contribution in [0.25, 0.3) is 0 Å². The Balaban J connectivity index is 1.98. The number of halogens is 3. The Morgan fingerprint density at radius 2 is 1.86 bits per heavy atom. The van der Waals surface area contributed by atoms with Crippen LogP contribution in [0.4, 0.5) is 4.39 Å². The molecule has 0 atom stereocenters. The Kier molecular flexibility index (Phi) is 5.77. The average Bonchev–Trinajstić information content (AvgIpc) is 2.50. The van der Waals surface area contributed by atoms with E-state index >= 15 is 0 Å². The molecule has 0 spiro atoms. The van der Waals surface area contributed by atoms with Gasteiger partial charge in [-0.05, 0) is 35.4 Å². The smallest absolute Gasteiger partial charge is 0.224 e. The van der Waals surface area contributed by atoms with Crippen LogP contribution in [0.15, 0.2) is 36.4 Å². The summed E-state index contributed by atoms with van der Waals surface area (Å²) in [6.45, 7) is -0.156. The van der Waals surface area contributed by atoms with Crippen molar-refractivity contribution in [3.63, 3.8) is 0 Å². The highest BCUT2D eigenvalue weighted by molar-refractivity contribution is 6.36. The van der Waals surface area contributed by atoms with Crippen LogP contribution in [-0.4, -0.2) is 11.0 Å². The van der Waals surface area contributed by atoms with E-state index in [1.807, 2.05) is 0 Å². The van der Waals surface area contributed by atoms with Gasteiger partial charge in [0.1, 0.15) is 5.82 Å². The summed E-state index contributed by atoms with van der Waals surface area (Å²) in [5.74, 6) is -0.717. The van der Waals surface area contributed by atoms with Crippen molar-refractivity contribution in [2.75, 3.05) is 0 Å². The van der Waals surface area contributed by atoms with Crippen molar-refractivity contribution in [3.05, 3.63) is 69.0 Å². The summed E-state index contributed by atoms with van der Waals surface area (Å²) in [5.41, 5.74) is 1.46. The summed E-state index contributed by atoms with van der Waals surface area (Å²) in [4.78, 5) is 12.0. The molecule has 2 aromatic carbocycles. The first kappa shape index (κ1) is 16.7. The van der Waals surface area contributed by atoms with Crippen molar-refractivity contribution in [3.8, 4) is 0 Å². The number of carbonyl (C=O) groups is 1. The molecule has 2 aromatic rings. The molecule has 1 amide bonds. The molecule has 0 unspecified atom stereocenters. The maximum absolute atomic E-state index is 13.3. The standard InChI is InChI=1S/C16H14Cl2FNO2/c17-13-2-1-3-14(18)12(13)7-16(22)20-8-10-4-5-15(19)11(6-10)9-21/h1-6,21H,7-9H2,(H,20,22). The minimum atomic E-state index is -0.472. The fraction of sp³-hybridized carbons (Fsp3) is 0.188. The second kappa shape index (κ2) is 7.58. The lowest BCUT2D eigenvalue weighted by atomic mass is 10.1. The van der Waals surface area contributed by atoms with Crippen LogP contribution in [-0.2, 0) is 24.4 Å². The van der Waals surface area contributed by atoms with Crippen LogP contribution in [0.2, 0.25) is 10.0 Å². The molecule has 0 aliphatic heterocycles. The number of aliphatic hydroxyl groups excluding tert-OH is 1. The zero-order valence-corrected chi connectivity index (χ0v) is 13.1. The molecule has 0 bridgehead atoms. The molecular formula is C16H14Cl2FNO2. The number of carbonyl (C=O) groups excluding carboxylic acids is 1. The molecule has 22 heavy (non-hydrogen) atoms. The van der Waals surface area contributed by atoms with E-state index in [0.717, 1.165) is 0 Å². The lowest BCUT2D eigenvalue weighted by Gasteiger charge is -2.09. The number of hydrogen-bond acceptors (Lipinski definition) is 2. The summed E-state index contributed by atoms with van der Waals surface area (Å²) < 4.78 is 13.3. The monoisotopic (exact) mass is 341 g/mol. The predicted octanol–water partition coefficient (Wildman–Crippen LogP) is 3.48. The number of nitrogens with one attached hydrogen (secondary N) is 1. The number of benzene rings is 2. The number of aliphatic hydroxyl groups is 1. The van der Waals surface area contributed by atoms with Crippen molar-refractivity contribution < 1.29 is 14.3 Å². The van der Waals surface area contributed by atoms with Crippen LogP contribution in [0.5, 0.6) is 0 Å². The van der Waals surface area contributed by atoms with Crippen molar-refractivity contribution >= 4 is 29.1 Å². The molecule has 0 aromatic heterocycles. The normalized spacial score (nSPS) is 10.5. The fourth-order valence-corrected chi connectivity index (χ4v) is 2.52. The third-order valence-corrected chi connectivity index (χ3v) is 3.88. The van der Waals surface area contributed by atoms with Gasteiger partial charge in [-0.3, -0.25) is 4.79 Å². The van der Waals surface area contributed by atoms with E-state index in [1.54, 1.807) is 24.3 Å². The van der Waals surface area contributed by atoms with E-state index in [-0.39, 0.29) is 31.0 Å². The van der Waals surface area contributed by atoms with Gasteiger partial charge in [0.15, 0.2) is 0 Å². The lowest BCUT2D eigenvalue weighted by molar-refractivity contribution is -0.120. The molecule has 0 aliphatic rings. The van der Waals surface area contributed by atoms with Gasteiger partial charge in [-0.15, -0.1) is 0 Å². The topological polar surface area (TPSA) is 49.3 Å². The van der Waals surface area contributed by atoms with Gasteiger partial charge >= 0.3 is 0 Å². The van der Waals surface area contributed by atoms with Gasteiger partial charge in [0, 0.05) is 22.2 Å². The Hall–Kier alpha value is -1.62. The highest BCUT2D eigenvalue weighted by atomic mass is 35.5. The quantitative estimate of drug-likeness (QED) is 0.874. The van der Waals surface area contributed by atoms with Gasteiger partial charge in [-0.1, -0.05) is 35.3 Å². The van der Waals surface area contributed by atoms with Crippen LogP contribution in [0.1, 0.15) is 16.7 Å². The molecule has 2 rings (SSSR count). The summed E-state index contributed by atoms with van der Waals surface area (Å²) in [6.07, 6.45) is 0.0621. The van der Waals surface area contributed by atoms with E-state index in [1.165, 1.54) is 12.1 Å². The Morgan fingerprint density at radius 3 is 2.50 bits per heavy atom. The van der Waals surface area contributed by atoms with Gasteiger partial charge in [-0.25, -0.2) is 4.39 Å². The Bertz CT molecular complexity index is 672. The molecule has 0 fully saturated rings. The van der Waals surface area contributed by atoms with Crippen molar-refractivity contribution in [2.45, 2.75) is 19.6 Å². The summed E-state index contributed by atoms with van der Waals surface area (Å²) in [6, 6.07) is 9.38. The third kappa shape index (κ3) is 4.19. The zero-order chi connectivity index (χ0) is 16.1. The number of rotatable bonds is 5. The minimum absolute atomic E-state index is 0.0621. The van der Waals surface area contributed by atoms with Gasteiger partial charge in [-0.2, -0.15) is 0 Å². The highest BCUT2D eigenvalue weighted by Gasteiger charge is 2.11. The molecular weight excluding hydrogens is 328 g/mol. The lowest BCUT2D eigenvalue weighted by Crippen LogP contribution is -2.24. The minimum Gasteiger partial charge on any atom is -0.392 e. The molecule has 2 N–H and O–H groups in total. The summed E-state index contributed by atoms with van der Waals surface area (Å²) in [7, 11) is 0. The zero-order valence-electron chi connectivity index (χ0n) is 11.6. The number of hydrogen-bond donors (Lipinski definition) is 2. The molecule has 0 heterocycles. The summed E-state index contributed by atoms with van der Waals surface area (Å²) >= 11 is 12.0. The third-order valence-electron chi connectivity index (χ3n) is 3.17. The number of amides is 1. The van der Waals surface area contributed by atoms with Crippen molar-refractivity contribution in [2.24, 2.45) is 0 Å². The van der Waals surface area contributed by atoms with E-state index < -0.39 is 5.82 Å². The predicted molar refractivity (Wildman–Crippen MR) is 84.3 cm³/mol. The molecule has 116 valence electrons. The SMILES string of the molecule is O=C(Cc1c(Cl)cccc1Cl)NCc1ccc(F)c(CO)c1. The van der Waals surface area contributed by atoms with Gasteiger partial charge in [0.05, 0.1) is 13.0 Å². The first-order chi connectivity index (χ1) is 10.5. The summed E-state index contributed by atoms with van der Waals surface area (Å²) in [5, 5.41) is 12.6. The van der Waals surface area contributed by atoms with E-state index in [4.69, 9.17) is 28.3 Å². The van der Waals surface area contributed by atoms with E-state index in [0.29, 0.717) is 21.2 Å². The van der Waals surface area contributed by atoms with Gasteiger partial charge in [0.2, 0.25) is 5.91 Å². The Labute approximate surface area is 137 Å². The maximum Gasteiger partial charge on any atom is 0.224 e. The molecule has 0 saturated heterocycles. The maximum atomic E-state index is 13.3. The van der Waals surface area contributed by atoms with Crippen LogP contribution >= 0.6 is 23.2 Å². The largest absolute Gasteiger partial charge is 0.392 e. The van der Waals surface area contributed by atoms with E-state index in [9.17, 15) is 9.18 Å². The van der Waals surface area contributed by atoms with E-state index in [2.05, 4.69) is 5.32 Å². The first-order valence-corrected chi connectivity index (χ1v) is 7.34. The average molecular weight is 342 g/mol. The molecule has 0 aliphatic carbocycles. The highest BCUT2D eigenvalue weighted by Crippen LogP contribution is 2.24. The first-order valence-electron chi connectivity index (χ1n) is 6.59. The second-order valence-electron chi connectivity index (χ2n) is 4.74. The second-order valence-corrected chi connectivity index (χ2v) is 5.55. The van der Waals surface area contributed by atoms with Crippen LogP contribution in [0, 0.1) is 5.82 Å². The molecule has 0 saturated carbocycles. The molecule has 3 nitrogen and oxygen atoms in total. The fourth-order valence-electron chi connectivity index (χ4n) is 1.98. The molecule has 6 heteroatoms. The van der Waals surface area contributed by atoms with Gasteiger partial charge < -0.3 is 10.4 Å². The van der Waals surface area contributed by atoms with Crippen LogP contribution < -0.4 is 5.32 Å². The van der Waals surface area contributed by atoms with Crippen molar-refractivity contribution in [1.29, 1.82) is 0 Å². The molecule has 0 radical (unpaired) electrons. The van der Waals surface area contributed by atoms with Crippen LogP contribution in [0.3, 0.4) is 0 Å². The van der Waals surface area contributed by atoms with Crippen molar-refractivity contribution in [1.82, 2.24) is 5.32 Å². The Morgan fingerprint density at radius 1 is 1.18 bits per heavy atom.